The lowest BCUT2D eigenvalue weighted by molar-refractivity contribution is -0.119. The van der Waals surface area contributed by atoms with Crippen LogP contribution in [0.4, 0.5) is 5.69 Å². The second kappa shape index (κ2) is 11.4. The third-order valence-corrected chi connectivity index (χ3v) is 6.81. The minimum atomic E-state index is -0.0493. The predicted molar refractivity (Wildman–Crippen MR) is 139 cm³/mol. The maximum Gasteiger partial charge on any atom is 0.274 e. The van der Waals surface area contributed by atoms with E-state index in [4.69, 9.17) is 0 Å². The molecule has 0 radical (unpaired) electrons. The molecule has 2 aliphatic rings. The van der Waals surface area contributed by atoms with Gasteiger partial charge in [-0.05, 0) is 55.3 Å². The van der Waals surface area contributed by atoms with Crippen molar-refractivity contribution in [1.29, 1.82) is 0 Å². The molecule has 1 aliphatic heterocycles. The molecule has 0 spiro atoms. The van der Waals surface area contributed by atoms with Gasteiger partial charge in [0.25, 0.3) is 5.91 Å². The molecule has 0 atom stereocenters. The predicted octanol–water partition coefficient (Wildman–Crippen LogP) is 4.67. The highest BCUT2D eigenvalue weighted by Crippen LogP contribution is 2.39. The van der Waals surface area contributed by atoms with Crippen LogP contribution in [-0.4, -0.2) is 64.5 Å². The fourth-order valence-electron chi connectivity index (χ4n) is 4.94. The number of hydrogen-bond acceptors (Lipinski definition) is 4. The number of aromatic nitrogens is 2. The van der Waals surface area contributed by atoms with Crippen molar-refractivity contribution in [2.75, 3.05) is 37.6 Å². The molecule has 1 fully saturated rings. The number of hydrogen-bond donors (Lipinski definition) is 1. The van der Waals surface area contributed by atoms with E-state index in [1.807, 2.05) is 34.1 Å². The number of para-hydroxylation sites is 1. The Hall–Kier alpha value is -2.67. The molecule has 1 N–H and O–H groups in total. The van der Waals surface area contributed by atoms with Gasteiger partial charge in [0, 0.05) is 56.4 Å². The van der Waals surface area contributed by atoms with E-state index in [9.17, 15) is 9.59 Å². The zero-order chi connectivity index (χ0) is 24.9. The highest BCUT2D eigenvalue weighted by molar-refractivity contribution is 5.95. The van der Waals surface area contributed by atoms with E-state index in [1.165, 1.54) is 0 Å². The number of fused-ring (bicyclic) bond motifs is 1. The van der Waals surface area contributed by atoms with Crippen molar-refractivity contribution in [1.82, 2.24) is 20.0 Å². The van der Waals surface area contributed by atoms with Gasteiger partial charge in [0.2, 0.25) is 5.91 Å². The second-order valence-corrected chi connectivity index (χ2v) is 11.0. The van der Waals surface area contributed by atoms with Crippen molar-refractivity contribution in [3.8, 4) is 0 Å². The quantitative estimate of drug-likeness (QED) is 0.654. The highest BCUT2D eigenvalue weighted by atomic mass is 16.2. The van der Waals surface area contributed by atoms with Gasteiger partial charge in [-0.1, -0.05) is 45.9 Å². The molecule has 2 aromatic rings. The van der Waals surface area contributed by atoms with Crippen molar-refractivity contribution in [2.45, 2.75) is 65.8 Å². The van der Waals surface area contributed by atoms with Crippen LogP contribution in [0.1, 0.15) is 81.0 Å². The molecular formula is C28H41N5O2. The summed E-state index contributed by atoms with van der Waals surface area (Å²) in [6, 6.07) is 9.99. The molecule has 0 bridgehead atoms. The number of carbonyl (C=O) groups is 2. The number of benzene rings is 1. The van der Waals surface area contributed by atoms with Gasteiger partial charge >= 0.3 is 0 Å². The topological polar surface area (TPSA) is 72.5 Å². The van der Waals surface area contributed by atoms with E-state index in [0.717, 1.165) is 55.8 Å². The summed E-state index contributed by atoms with van der Waals surface area (Å²) in [4.78, 5) is 33.3. The first-order valence-electron chi connectivity index (χ1n) is 13.3. The molecule has 35 heavy (non-hydrogen) atoms. The number of nitrogens with zero attached hydrogens (tertiary/aromatic N) is 4. The summed E-state index contributed by atoms with van der Waals surface area (Å²) in [6.07, 6.45) is 3.75. The number of rotatable bonds is 6. The molecule has 1 aromatic heterocycles. The van der Waals surface area contributed by atoms with Gasteiger partial charge < -0.3 is 14.7 Å². The number of carbonyl (C=O) groups excluding carboxylic acids is 2. The first kappa shape index (κ1) is 25.4. The number of aromatic amines is 1. The van der Waals surface area contributed by atoms with E-state index >= 15 is 0 Å². The lowest BCUT2D eigenvalue weighted by Gasteiger charge is -2.28. The summed E-state index contributed by atoms with van der Waals surface area (Å²) < 4.78 is 0. The minimum Gasteiger partial charge on any atom is -0.332 e. The first-order valence-corrected chi connectivity index (χ1v) is 13.3. The summed E-state index contributed by atoms with van der Waals surface area (Å²) in [5.41, 5.74) is 3.49. The maximum atomic E-state index is 13.6. The molecule has 190 valence electrons. The average molecular weight is 480 g/mol. The Morgan fingerprint density at radius 1 is 1.03 bits per heavy atom. The molecule has 1 aromatic carbocycles. The standard InChI is InChI=1S/C28H41N5O2/c1-20(2)16-27(34)33-13-7-12-31(18-21(3)4)14-15-32(19-23-8-5-6-9-26(23)33)28(35)25-17-24(29-30-25)22-10-11-22/h5-6,8-9,17,20-22H,7,10-16,18-19H2,1-4H3,(H,29,30). The van der Waals surface area contributed by atoms with E-state index in [1.54, 1.807) is 0 Å². The number of amides is 2. The van der Waals surface area contributed by atoms with Crippen LogP contribution in [0, 0.1) is 11.8 Å². The molecule has 2 amide bonds. The SMILES string of the molecule is CC(C)CC(=O)N1CCCN(CC(C)C)CCN(C(=O)c2cc(C3CC3)[nH]n2)Cc2ccccc21. The number of anilines is 1. The monoisotopic (exact) mass is 479 g/mol. The largest absolute Gasteiger partial charge is 0.332 e. The molecule has 4 rings (SSSR count). The Morgan fingerprint density at radius 3 is 2.51 bits per heavy atom. The van der Waals surface area contributed by atoms with Crippen LogP contribution in [0.25, 0.3) is 0 Å². The van der Waals surface area contributed by atoms with Gasteiger partial charge in [0.1, 0.15) is 5.69 Å². The summed E-state index contributed by atoms with van der Waals surface area (Å²) in [7, 11) is 0. The van der Waals surface area contributed by atoms with Crippen LogP contribution in [-0.2, 0) is 11.3 Å². The molecule has 1 saturated carbocycles. The van der Waals surface area contributed by atoms with Gasteiger partial charge in [-0.2, -0.15) is 5.10 Å². The molecule has 7 heteroatoms. The Balaban J connectivity index is 1.65. The third kappa shape index (κ3) is 6.72. The van der Waals surface area contributed by atoms with Crippen LogP contribution >= 0.6 is 0 Å². The van der Waals surface area contributed by atoms with Crippen molar-refractivity contribution in [2.24, 2.45) is 11.8 Å². The zero-order valence-electron chi connectivity index (χ0n) is 21.8. The Morgan fingerprint density at radius 2 is 1.80 bits per heavy atom. The van der Waals surface area contributed by atoms with Gasteiger partial charge in [0.05, 0.1) is 0 Å². The summed E-state index contributed by atoms with van der Waals surface area (Å²) in [5.74, 6) is 1.46. The normalized spacial score (nSPS) is 18.0. The zero-order valence-corrected chi connectivity index (χ0v) is 21.8. The fourth-order valence-corrected chi connectivity index (χ4v) is 4.94. The molecule has 1 aliphatic carbocycles. The van der Waals surface area contributed by atoms with Crippen LogP contribution in [0.5, 0.6) is 0 Å². The Labute approximate surface area is 209 Å². The van der Waals surface area contributed by atoms with E-state index < -0.39 is 0 Å². The van der Waals surface area contributed by atoms with Crippen molar-refractivity contribution in [3.63, 3.8) is 0 Å². The average Bonchev–Trinajstić information content (AvgIpc) is 3.54. The summed E-state index contributed by atoms with van der Waals surface area (Å²) in [5, 5.41) is 7.45. The van der Waals surface area contributed by atoms with E-state index in [-0.39, 0.29) is 11.8 Å². The first-order chi connectivity index (χ1) is 16.8. The smallest absolute Gasteiger partial charge is 0.274 e. The van der Waals surface area contributed by atoms with Gasteiger partial charge in [0.15, 0.2) is 0 Å². The van der Waals surface area contributed by atoms with Crippen LogP contribution < -0.4 is 4.90 Å². The molecular weight excluding hydrogens is 438 g/mol. The molecule has 7 nitrogen and oxygen atoms in total. The lowest BCUT2D eigenvalue weighted by atomic mass is 10.1. The van der Waals surface area contributed by atoms with Crippen molar-refractivity contribution in [3.05, 3.63) is 47.3 Å². The maximum absolute atomic E-state index is 13.6. The summed E-state index contributed by atoms with van der Waals surface area (Å²) in [6.45, 7) is 13.1. The number of H-pyrrole nitrogens is 1. The van der Waals surface area contributed by atoms with Gasteiger partial charge in [-0.3, -0.25) is 14.7 Å². The third-order valence-electron chi connectivity index (χ3n) is 6.81. The van der Waals surface area contributed by atoms with E-state index in [2.05, 4.69) is 48.9 Å². The van der Waals surface area contributed by atoms with Crippen LogP contribution in [0.15, 0.2) is 30.3 Å². The van der Waals surface area contributed by atoms with Crippen molar-refractivity contribution >= 4 is 17.5 Å². The van der Waals surface area contributed by atoms with Crippen LogP contribution in [0.3, 0.4) is 0 Å². The fraction of sp³-hybridized carbons (Fsp3) is 0.607. The van der Waals surface area contributed by atoms with Gasteiger partial charge in [-0.15, -0.1) is 0 Å². The molecule has 0 saturated heterocycles. The Kier molecular flexibility index (Phi) is 8.26. The molecule has 2 heterocycles. The van der Waals surface area contributed by atoms with E-state index in [0.29, 0.717) is 49.5 Å². The van der Waals surface area contributed by atoms with Gasteiger partial charge in [-0.25, -0.2) is 0 Å². The molecule has 0 unspecified atom stereocenters. The highest BCUT2D eigenvalue weighted by Gasteiger charge is 2.29. The lowest BCUT2D eigenvalue weighted by Crippen LogP contribution is -2.40. The Bertz CT molecular complexity index is 1010. The van der Waals surface area contributed by atoms with Crippen LogP contribution in [0.2, 0.25) is 0 Å². The number of nitrogens with one attached hydrogen (secondary N) is 1. The van der Waals surface area contributed by atoms with Crippen molar-refractivity contribution < 1.29 is 9.59 Å². The summed E-state index contributed by atoms with van der Waals surface area (Å²) >= 11 is 0. The minimum absolute atomic E-state index is 0.0493. The second-order valence-electron chi connectivity index (χ2n) is 11.0.